The number of benzene rings is 1. The lowest BCUT2D eigenvalue weighted by Crippen LogP contribution is -2.31. The van der Waals surface area contributed by atoms with Gasteiger partial charge in [0.15, 0.2) is 0 Å². The van der Waals surface area contributed by atoms with Crippen molar-refractivity contribution in [2.75, 3.05) is 11.9 Å². The predicted octanol–water partition coefficient (Wildman–Crippen LogP) is 2.17. The molecule has 1 fully saturated rings. The van der Waals surface area contributed by atoms with Crippen LogP contribution in [0, 0.1) is 5.82 Å². The third kappa shape index (κ3) is 3.10. The van der Waals surface area contributed by atoms with E-state index in [9.17, 15) is 9.18 Å². The number of hydrogen-bond acceptors (Lipinski definition) is 2. The Labute approximate surface area is 98.0 Å². The Balaban J connectivity index is 1.83. The fourth-order valence-corrected chi connectivity index (χ4v) is 1.41. The minimum Gasteiger partial charge on any atom is -0.376 e. The Bertz CT molecular complexity index is 407. The van der Waals surface area contributed by atoms with Crippen LogP contribution in [0.15, 0.2) is 18.2 Å². The molecule has 5 heteroatoms. The van der Waals surface area contributed by atoms with Crippen molar-refractivity contribution in [2.24, 2.45) is 0 Å². The maximum absolute atomic E-state index is 13.1. The number of carbonyl (C=O) groups is 1. The van der Waals surface area contributed by atoms with Crippen molar-refractivity contribution < 1.29 is 9.18 Å². The first-order valence-corrected chi connectivity index (χ1v) is 5.51. The topological polar surface area (TPSA) is 41.1 Å². The normalized spacial score (nSPS) is 14.6. The number of nitrogens with one attached hydrogen (secondary N) is 2. The predicted molar refractivity (Wildman–Crippen MR) is 61.1 cm³/mol. The highest BCUT2D eigenvalue weighted by Crippen LogP contribution is 2.19. The molecule has 1 aliphatic rings. The molecule has 0 unspecified atom stereocenters. The molecular formula is C11H12ClFN2O. The van der Waals surface area contributed by atoms with Gasteiger partial charge in [0.2, 0.25) is 5.91 Å². The van der Waals surface area contributed by atoms with Gasteiger partial charge in [-0.25, -0.2) is 4.39 Å². The van der Waals surface area contributed by atoms with Crippen molar-refractivity contribution in [1.29, 1.82) is 0 Å². The van der Waals surface area contributed by atoms with Gasteiger partial charge in [-0.05, 0) is 31.0 Å². The van der Waals surface area contributed by atoms with Gasteiger partial charge in [-0.1, -0.05) is 11.6 Å². The summed E-state index contributed by atoms with van der Waals surface area (Å²) in [5.74, 6) is -0.563. The molecule has 1 amide bonds. The summed E-state index contributed by atoms with van der Waals surface area (Å²) in [6, 6.07) is 4.71. The molecule has 1 saturated carbocycles. The SMILES string of the molecule is O=C(CNc1ccc(Cl)c(F)c1)NC1CC1. The highest BCUT2D eigenvalue weighted by Gasteiger charge is 2.22. The number of carbonyl (C=O) groups excluding carboxylic acids is 1. The van der Waals surface area contributed by atoms with E-state index in [1.54, 1.807) is 6.07 Å². The van der Waals surface area contributed by atoms with E-state index in [2.05, 4.69) is 10.6 Å². The monoisotopic (exact) mass is 242 g/mol. The molecule has 2 rings (SSSR count). The molecule has 0 heterocycles. The lowest BCUT2D eigenvalue weighted by atomic mass is 10.3. The fraction of sp³-hybridized carbons (Fsp3) is 0.364. The lowest BCUT2D eigenvalue weighted by molar-refractivity contribution is -0.119. The minimum atomic E-state index is -0.491. The molecular weight excluding hydrogens is 231 g/mol. The second kappa shape index (κ2) is 4.70. The van der Waals surface area contributed by atoms with E-state index in [1.807, 2.05) is 0 Å². The van der Waals surface area contributed by atoms with Crippen LogP contribution in [0.4, 0.5) is 10.1 Å². The summed E-state index contributed by atoms with van der Waals surface area (Å²) in [6.07, 6.45) is 2.11. The molecule has 1 aromatic rings. The average Bonchev–Trinajstić information content (AvgIpc) is 3.04. The molecule has 1 aliphatic carbocycles. The third-order valence-electron chi connectivity index (χ3n) is 2.32. The first-order valence-electron chi connectivity index (χ1n) is 5.13. The first kappa shape index (κ1) is 11.2. The van der Waals surface area contributed by atoms with Crippen LogP contribution in [-0.2, 0) is 4.79 Å². The molecule has 0 saturated heterocycles. The van der Waals surface area contributed by atoms with Crippen molar-refractivity contribution in [3.05, 3.63) is 29.0 Å². The van der Waals surface area contributed by atoms with E-state index in [4.69, 9.17) is 11.6 Å². The Kier molecular flexibility index (Phi) is 3.29. The first-order chi connectivity index (χ1) is 7.65. The zero-order valence-electron chi connectivity index (χ0n) is 8.59. The Morgan fingerprint density at radius 1 is 1.50 bits per heavy atom. The van der Waals surface area contributed by atoms with Crippen molar-refractivity contribution in [2.45, 2.75) is 18.9 Å². The maximum Gasteiger partial charge on any atom is 0.239 e. The summed E-state index contributed by atoms with van der Waals surface area (Å²) in [6.45, 7) is 0.150. The van der Waals surface area contributed by atoms with Crippen LogP contribution in [0.1, 0.15) is 12.8 Å². The van der Waals surface area contributed by atoms with Gasteiger partial charge >= 0.3 is 0 Å². The minimum absolute atomic E-state index is 0.0714. The van der Waals surface area contributed by atoms with Crippen molar-refractivity contribution >= 4 is 23.2 Å². The van der Waals surface area contributed by atoms with Gasteiger partial charge in [0.25, 0.3) is 0 Å². The van der Waals surface area contributed by atoms with Crippen LogP contribution < -0.4 is 10.6 Å². The van der Waals surface area contributed by atoms with Crippen LogP contribution >= 0.6 is 11.6 Å². The van der Waals surface area contributed by atoms with E-state index >= 15 is 0 Å². The Hall–Kier alpha value is -1.29. The van der Waals surface area contributed by atoms with E-state index < -0.39 is 5.82 Å². The van der Waals surface area contributed by atoms with Gasteiger partial charge in [0, 0.05) is 11.7 Å². The number of amides is 1. The zero-order chi connectivity index (χ0) is 11.5. The molecule has 16 heavy (non-hydrogen) atoms. The quantitative estimate of drug-likeness (QED) is 0.850. The molecule has 2 N–H and O–H groups in total. The van der Waals surface area contributed by atoms with Gasteiger partial charge in [-0.2, -0.15) is 0 Å². The summed E-state index contributed by atoms with van der Waals surface area (Å²) in [7, 11) is 0. The lowest BCUT2D eigenvalue weighted by Gasteiger charge is -2.07. The molecule has 0 bridgehead atoms. The second-order valence-electron chi connectivity index (χ2n) is 3.82. The van der Waals surface area contributed by atoms with Crippen molar-refractivity contribution in [3.63, 3.8) is 0 Å². The number of anilines is 1. The number of halogens is 2. The molecule has 0 aromatic heterocycles. The summed E-state index contributed by atoms with van der Waals surface area (Å²) >= 11 is 5.54. The van der Waals surface area contributed by atoms with Gasteiger partial charge in [0.1, 0.15) is 5.82 Å². The van der Waals surface area contributed by atoms with E-state index in [0.717, 1.165) is 12.8 Å². The van der Waals surface area contributed by atoms with E-state index in [0.29, 0.717) is 11.7 Å². The largest absolute Gasteiger partial charge is 0.376 e. The molecule has 0 atom stereocenters. The van der Waals surface area contributed by atoms with E-state index in [-0.39, 0.29) is 17.5 Å². The number of hydrogen-bond donors (Lipinski definition) is 2. The fourth-order valence-electron chi connectivity index (χ4n) is 1.29. The summed E-state index contributed by atoms with van der Waals surface area (Å²) in [5.41, 5.74) is 0.549. The Morgan fingerprint density at radius 3 is 2.88 bits per heavy atom. The Morgan fingerprint density at radius 2 is 2.25 bits per heavy atom. The van der Waals surface area contributed by atoms with Gasteiger partial charge in [-0.3, -0.25) is 4.79 Å². The van der Waals surface area contributed by atoms with Gasteiger partial charge in [0.05, 0.1) is 11.6 Å². The molecule has 86 valence electrons. The molecule has 3 nitrogen and oxygen atoms in total. The summed E-state index contributed by atoms with van der Waals surface area (Å²) < 4.78 is 13.1. The van der Waals surface area contributed by atoms with Crippen LogP contribution in [0.5, 0.6) is 0 Å². The van der Waals surface area contributed by atoms with Gasteiger partial charge in [-0.15, -0.1) is 0 Å². The standard InChI is InChI=1S/C11H12ClFN2O/c12-9-4-3-8(5-10(9)13)14-6-11(16)15-7-1-2-7/h3-5,7,14H,1-2,6H2,(H,15,16). The summed E-state index contributed by atoms with van der Waals surface area (Å²) in [4.78, 5) is 11.3. The van der Waals surface area contributed by atoms with Gasteiger partial charge < -0.3 is 10.6 Å². The number of rotatable bonds is 4. The molecule has 0 aliphatic heterocycles. The van der Waals surface area contributed by atoms with Crippen LogP contribution in [0.25, 0.3) is 0 Å². The molecule has 0 spiro atoms. The smallest absolute Gasteiger partial charge is 0.239 e. The van der Waals surface area contributed by atoms with Crippen molar-refractivity contribution in [3.8, 4) is 0 Å². The van der Waals surface area contributed by atoms with Crippen molar-refractivity contribution in [1.82, 2.24) is 5.32 Å². The van der Waals surface area contributed by atoms with Crippen LogP contribution in [-0.4, -0.2) is 18.5 Å². The average molecular weight is 243 g/mol. The maximum atomic E-state index is 13.1. The summed E-state index contributed by atoms with van der Waals surface area (Å²) in [5, 5.41) is 5.74. The molecule has 0 radical (unpaired) electrons. The second-order valence-corrected chi connectivity index (χ2v) is 4.23. The van der Waals surface area contributed by atoms with E-state index in [1.165, 1.54) is 12.1 Å². The highest BCUT2D eigenvalue weighted by atomic mass is 35.5. The third-order valence-corrected chi connectivity index (χ3v) is 2.62. The highest BCUT2D eigenvalue weighted by molar-refractivity contribution is 6.30. The van der Waals surface area contributed by atoms with Crippen LogP contribution in [0.2, 0.25) is 5.02 Å². The zero-order valence-corrected chi connectivity index (χ0v) is 9.35. The van der Waals surface area contributed by atoms with Crippen LogP contribution in [0.3, 0.4) is 0 Å². The molecule has 1 aromatic carbocycles.